The summed E-state index contributed by atoms with van der Waals surface area (Å²) in [6.07, 6.45) is 3.02. The van der Waals surface area contributed by atoms with Gasteiger partial charge in [-0.05, 0) is 54.6 Å². The number of nitrogens with one attached hydrogen (secondary N) is 2. The number of nitrogens with zero attached hydrogens (tertiary/aromatic N) is 1. The van der Waals surface area contributed by atoms with Gasteiger partial charge in [0, 0.05) is 29.3 Å². The van der Waals surface area contributed by atoms with Gasteiger partial charge in [-0.1, -0.05) is 6.07 Å². The van der Waals surface area contributed by atoms with Crippen LogP contribution in [0.25, 0.3) is 0 Å². The van der Waals surface area contributed by atoms with Crippen molar-refractivity contribution in [3.05, 3.63) is 84.2 Å². The summed E-state index contributed by atoms with van der Waals surface area (Å²) in [5, 5.41) is 5.40. The highest BCUT2D eigenvalue weighted by atomic mass is 19.3. The molecule has 3 rings (SSSR count). The molecular formula is C20H15F2N3O3. The fourth-order valence-corrected chi connectivity index (χ4v) is 2.37. The minimum atomic E-state index is -2.93. The average molecular weight is 383 g/mol. The van der Waals surface area contributed by atoms with E-state index < -0.39 is 12.5 Å². The minimum absolute atomic E-state index is 0.0355. The molecule has 28 heavy (non-hydrogen) atoms. The van der Waals surface area contributed by atoms with Crippen LogP contribution in [0, 0.1) is 0 Å². The van der Waals surface area contributed by atoms with Crippen molar-refractivity contribution in [2.45, 2.75) is 6.61 Å². The van der Waals surface area contributed by atoms with Crippen molar-refractivity contribution < 1.29 is 23.1 Å². The molecule has 0 spiro atoms. The standard InChI is InChI=1S/C20H15F2N3O3/c21-20(22)28-17-8-6-13(7-9-17)18(26)24-15-4-1-5-16(11-15)25-19(27)14-3-2-10-23-12-14/h1-12,20H,(H,24,26)(H,25,27). The lowest BCUT2D eigenvalue weighted by atomic mass is 10.2. The van der Waals surface area contributed by atoms with E-state index in [-0.39, 0.29) is 17.2 Å². The Kier molecular flexibility index (Phi) is 5.91. The van der Waals surface area contributed by atoms with E-state index in [1.807, 2.05) is 0 Å². The summed E-state index contributed by atoms with van der Waals surface area (Å²) in [7, 11) is 0. The molecule has 0 radical (unpaired) electrons. The number of ether oxygens (including phenoxy) is 1. The van der Waals surface area contributed by atoms with Gasteiger partial charge >= 0.3 is 6.61 Å². The summed E-state index contributed by atoms with van der Waals surface area (Å²) < 4.78 is 28.6. The van der Waals surface area contributed by atoms with Crippen LogP contribution in [0.5, 0.6) is 5.75 Å². The van der Waals surface area contributed by atoms with E-state index in [4.69, 9.17) is 0 Å². The molecule has 2 amide bonds. The summed E-state index contributed by atoms with van der Waals surface area (Å²) in [6, 6.07) is 15.2. The van der Waals surface area contributed by atoms with Crippen LogP contribution in [-0.2, 0) is 0 Å². The Bertz CT molecular complexity index is 964. The topological polar surface area (TPSA) is 80.3 Å². The molecule has 3 aromatic rings. The molecule has 1 aromatic heterocycles. The van der Waals surface area contributed by atoms with Crippen molar-refractivity contribution in [2.75, 3.05) is 10.6 Å². The van der Waals surface area contributed by atoms with Gasteiger partial charge in [0.1, 0.15) is 5.75 Å². The number of hydrogen-bond acceptors (Lipinski definition) is 4. The fourth-order valence-electron chi connectivity index (χ4n) is 2.37. The predicted octanol–water partition coefficient (Wildman–Crippen LogP) is 4.19. The van der Waals surface area contributed by atoms with Crippen LogP contribution >= 0.6 is 0 Å². The molecular weight excluding hydrogens is 368 g/mol. The number of amides is 2. The summed E-state index contributed by atoms with van der Waals surface area (Å²) in [6.45, 7) is -2.93. The molecule has 0 saturated carbocycles. The first-order valence-electron chi connectivity index (χ1n) is 8.19. The fraction of sp³-hybridized carbons (Fsp3) is 0.0500. The molecule has 142 valence electrons. The third-order valence-electron chi connectivity index (χ3n) is 3.64. The molecule has 1 heterocycles. The molecule has 0 fully saturated rings. The monoisotopic (exact) mass is 383 g/mol. The highest BCUT2D eigenvalue weighted by Crippen LogP contribution is 2.19. The van der Waals surface area contributed by atoms with Crippen LogP contribution in [0.4, 0.5) is 20.2 Å². The quantitative estimate of drug-likeness (QED) is 0.669. The van der Waals surface area contributed by atoms with E-state index in [1.54, 1.807) is 42.6 Å². The summed E-state index contributed by atoms with van der Waals surface area (Å²) in [5.41, 5.74) is 1.63. The highest BCUT2D eigenvalue weighted by molar-refractivity contribution is 6.06. The lowest BCUT2D eigenvalue weighted by Crippen LogP contribution is -2.14. The molecule has 0 aliphatic carbocycles. The number of halogens is 2. The number of benzene rings is 2. The largest absolute Gasteiger partial charge is 0.435 e. The van der Waals surface area contributed by atoms with E-state index in [1.165, 1.54) is 30.5 Å². The van der Waals surface area contributed by atoms with Crippen molar-refractivity contribution in [1.82, 2.24) is 4.98 Å². The highest BCUT2D eigenvalue weighted by Gasteiger charge is 2.10. The van der Waals surface area contributed by atoms with Crippen molar-refractivity contribution in [2.24, 2.45) is 0 Å². The Morgan fingerprint density at radius 3 is 2.07 bits per heavy atom. The first-order valence-corrected chi connectivity index (χ1v) is 8.19. The molecule has 0 unspecified atom stereocenters. The summed E-state index contributed by atoms with van der Waals surface area (Å²) >= 11 is 0. The number of pyridine rings is 1. The van der Waals surface area contributed by atoms with Crippen LogP contribution in [0.15, 0.2) is 73.1 Å². The molecule has 0 bridgehead atoms. The Labute approximate surface area is 159 Å². The zero-order chi connectivity index (χ0) is 19.9. The number of aromatic nitrogens is 1. The third-order valence-corrected chi connectivity index (χ3v) is 3.64. The van der Waals surface area contributed by atoms with Gasteiger partial charge in [0.2, 0.25) is 0 Å². The zero-order valence-corrected chi connectivity index (χ0v) is 14.4. The molecule has 2 aromatic carbocycles. The SMILES string of the molecule is O=C(Nc1cccc(NC(=O)c2cccnc2)c1)c1ccc(OC(F)F)cc1. The Morgan fingerprint density at radius 2 is 1.50 bits per heavy atom. The third kappa shape index (κ3) is 5.10. The van der Waals surface area contributed by atoms with Crippen LogP contribution in [0.1, 0.15) is 20.7 Å². The molecule has 6 nitrogen and oxygen atoms in total. The first kappa shape index (κ1) is 19.0. The average Bonchev–Trinajstić information content (AvgIpc) is 2.69. The molecule has 0 aliphatic heterocycles. The minimum Gasteiger partial charge on any atom is -0.435 e. The number of alkyl halides is 2. The number of anilines is 2. The molecule has 0 aliphatic rings. The molecule has 0 atom stereocenters. The van der Waals surface area contributed by atoms with E-state index in [0.717, 1.165) is 0 Å². The van der Waals surface area contributed by atoms with Crippen molar-refractivity contribution in [3.63, 3.8) is 0 Å². The van der Waals surface area contributed by atoms with Gasteiger partial charge in [-0.3, -0.25) is 14.6 Å². The number of carbonyl (C=O) groups is 2. The van der Waals surface area contributed by atoms with Gasteiger partial charge in [0.25, 0.3) is 11.8 Å². The normalized spacial score (nSPS) is 10.4. The van der Waals surface area contributed by atoms with Gasteiger partial charge < -0.3 is 15.4 Å². The smallest absolute Gasteiger partial charge is 0.387 e. The second-order valence-electron chi connectivity index (χ2n) is 5.63. The van der Waals surface area contributed by atoms with Gasteiger partial charge in [0.05, 0.1) is 5.56 Å². The van der Waals surface area contributed by atoms with Gasteiger partial charge in [0.15, 0.2) is 0 Å². The lowest BCUT2D eigenvalue weighted by molar-refractivity contribution is -0.0498. The summed E-state index contributed by atoms with van der Waals surface area (Å²) in [5.74, 6) is -0.794. The van der Waals surface area contributed by atoms with E-state index >= 15 is 0 Å². The van der Waals surface area contributed by atoms with Crippen molar-refractivity contribution >= 4 is 23.2 Å². The number of rotatable bonds is 6. The predicted molar refractivity (Wildman–Crippen MR) is 99.7 cm³/mol. The maximum absolute atomic E-state index is 12.3. The van der Waals surface area contributed by atoms with E-state index in [9.17, 15) is 18.4 Å². The Balaban J connectivity index is 1.65. The molecule has 2 N–H and O–H groups in total. The van der Waals surface area contributed by atoms with Gasteiger partial charge in [-0.25, -0.2) is 0 Å². The Morgan fingerprint density at radius 1 is 0.857 bits per heavy atom. The van der Waals surface area contributed by atoms with E-state index in [0.29, 0.717) is 16.9 Å². The van der Waals surface area contributed by atoms with Crippen LogP contribution < -0.4 is 15.4 Å². The molecule has 0 saturated heterocycles. The number of carbonyl (C=O) groups excluding carboxylic acids is 2. The lowest BCUT2D eigenvalue weighted by Gasteiger charge is -2.09. The van der Waals surface area contributed by atoms with Crippen molar-refractivity contribution in [1.29, 1.82) is 0 Å². The van der Waals surface area contributed by atoms with Crippen LogP contribution in [-0.4, -0.2) is 23.4 Å². The second-order valence-corrected chi connectivity index (χ2v) is 5.63. The van der Waals surface area contributed by atoms with Crippen LogP contribution in [0.3, 0.4) is 0 Å². The first-order chi connectivity index (χ1) is 13.5. The van der Waals surface area contributed by atoms with E-state index in [2.05, 4.69) is 20.4 Å². The van der Waals surface area contributed by atoms with Gasteiger partial charge in [-0.15, -0.1) is 0 Å². The van der Waals surface area contributed by atoms with Crippen LogP contribution in [0.2, 0.25) is 0 Å². The Hall–Kier alpha value is -3.81. The number of hydrogen-bond donors (Lipinski definition) is 2. The zero-order valence-electron chi connectivity index (χ0n) is 14.4. The summed E-state index contributed by atoms with van der Waals surface area (Å²) in [4.78, 5) is 28.4. The van der Waals surface area contributed by atoms with Gasteiger partial charge in [-0.2, -0.15) is 8.78 Å². The molecule has 8 heteroatoms. The second kappa shape index (κ2) is 8.72. The maximum Gasteiger partial charge on any atom is 0.387 e. The maximum atomic E-state index is 12.3. The van der Waals surface area contributed by atoms with Crippen molar-refractivity contribution in [3.8, 4) is 5.75 Å².